The first-order valence-corrected chi connectivity index (χ1v) is 7.65. The number of halogens is 1. The number of hydrogen-bond donors (Lipinski definition) is 0. The summed E-state index contributed by atoms with van der Waals surface area (Å²) in [6.07, 6.45) is 6.03. The Morgan fingerprint density at radius 2 is 2.17 bits per heavy atom. The maximum atomic E-state index is 4.56. The third-order valence-electron chi connectivity index (χ3n) is 4.20. The van der Waals surface area contributed by atoms with Crippen molar-refractivity contribution in [3.63, 3.8) is 0 Å². The lowest BCUT2D eigenvalue weighted by atomic mass is 9.99. The normalized spacial score (nSPS) is 25.0. The van der Waals surface area contributed by atoms with Crippen LogP contribution in [0.15, 0.2) is 16.7 Å². The van der Waals surface area contributed by atoms with E-state index in [2.05, 4.69) is 43.7 Å². The maximum Gasteiger partial charge on any atom is 0.143 e. The molecule has 0 saturated carbocycles. The molecule has 98 valence electrons. The molecule has 0 N–H and O–H groups in total. The van der Waals surface area contributed by atoms with Gasteiger partial charge >= 0.3 is 0 Å². The summed E-state index contributed by atoms with van der Waals surface area (Å²) in [4.78, 5) is 9.67. The summed E-state index contributed by atoms with van der Waals surface area (Å²) in [5.41, 5.74) is 1.27. The number of rotatable bonds is 1. The van der Waals surface area contributed by atoms with Crippen molar-refractivity contribution in [2.75, 3.05) is 31.1 Å². The second-order valence-electron chi connectivity index (χ2n) is 5.40. The second-order valence-corrected chi connectivity index (χ2v) is 6.19. The lowest BCUT2D eigenvalue weighted by molar-refractivity contribution is 0.133. The van der Waals surface area contributed by atoms with Crippen molar-refractivity contribution in [2.45, 2.75) is 32.2 Å². The van der Waals surface area contributed by atoms with Crippen molar-refractivity contribution in [2.24, 2.45) is 0 Å². The van der Waals surface area contributed by atoms with Crippen LogP contribution in [0.3, 0.4) is 0 Å². The zero-order chi connectivity index (χ0) is 12.5. The molecule has 2 saturated heterocycles. The van der Waals surface area contributed by atoms with Crippen molar-refractivity contribution in [3.8, 4) is 0 Å². The van der Waals surface area contributed by atoms with Gasteiger partial charge in [0.05, 0.1) is 4.47 Å². The third-order valence-corrected chi connectivity index (χ3v) is 5.18. The maximum absolute atomic E-state index is 4.56. The predicted molar refractivity (Wildman–Crippen MR) is 78.1 cm³/mol. The first kappa shape index (κ1) is 12.4. The lowest BCUT2D eigenvalue weighted by Crippen LogP contribution is -2.55. The highest BCUT2D eigenvalue weighted by molar-refractivity contribution is 9.10. The summed E-state index contributed by atoms with van der Waals surface area (Å²) >= 11 is 3.69. The molecule has 3 rings (SSSR count). The summed E-state index contributed by atoms with van der Waals surface area (Å²) in [5, 5.41) is 0. The number of hydrogen-bond acceptors (Lipinski definition) is 3. The molecule has 0 spiro atoms. The number of pyridine rings is 1. The highest BCUT2D eigenvalue weighted by Gasteiger charge is 2.30. The molecule has 2 aliphatic rings. The molecule has 18 heavy (non-hydrogen) atoms. The van der Waals surface area contributed by atoms with Crippen molar-refractivity contribution in [1.29, 1.82) is 0 Å². The van der Waals surface area contributed by atoms with E-state index < -0.39 is 0 Å². The van der Waals surface area contributed by atoms with Gasteiger partial charge in [0.15, 0.2) is 0 Å². The highest BCUT2D eigenvalue weighted by Crippen LogP contribution is 2.30. The van der Waals surface area contributed by atoms with Gasteiger partial charge in [0, 0.05) is 31.9 Å². The number of anilines is 1. The average Bonchev–Trinajstić information content (AvgIpc) is 2.41. The molecule has 3 heterocycles. The van der Waals surface area contributed by atoms with Crippen LogP contribution in [-0.2, 0) is 0 Å². The number of nitrogens with zero attached hydrogens (tertiary/aromatic N) is 3. The van der Waals surface area contributed by atoms with Crippen LogP contribution >= 0.6 is 15.9 Å². The molecule has 3 nitrogen and oxygen atoms in total. The molecule has 2 aliphatic heterocycles. The standard InChI is InChI=1S/C14H20BrN3/c1-11-5-6-16-14(13(11)15)18-9-8-17-7-3-2-4-12(17)10-18/h5-6,12H,2-4,7-10H2,1H3. The Balaban J connectivity index is 1.79. The average molecular weight is 310 g/mol. The number of aryl methyl sites for hydroxylation is 1. The quantitative estimate of drug-likeness (QED) is 0.795. The summed E-state index contributed by atoms with van der Waals surface area (Å²) in [6.45, 7) is 6.85. The Bertz CT molecular complexity index is 435. The van der Waals surface area contributed by atoms with E-state index in [4.69, 9.17) is 0 Å². The van der Waals surface area contributed by atoms with E-state index in [0.717, 1.165) is 29.4 Å². The Labute approximate surface area is 117 Å². The molecule has 0 aromatic carbocycles. The van der Waals surface area contributed by atoms with Crippen molar-refractivity contribution < 1.29 is 0 Å². The zero-order valence-electron chi connectivity index (χ0n) is 10.9. The van der Waals surface area contributed by atoms with Gasteiger partial charge in [0.1, 0.15) is 5.82 Å². The fourth-order valence-corrected chi connectivity index (χ4v) is 3.58. The molecule has 1 aromatic heterocycles. The van der Waals surface area contributed by atoms with Crippen molar-refractivity contribution in [3.05, 3.63) is 22.3 Å². The van der Waals surface area contributed by atoms with E-state index in [9.17, 15) is 0 Å². The molecule has 0 amide bonds. The minimum absolute atomic E-state index is 0.738. The molecule has 0 bridgehead atoms. The van der Waals surface area contributed by atoms with Gasteiger partial charge in [-0.3, -0.25) is 4.90 Å². The van der Waals surface area contributed by atoms with Gasteiger partial charge in [-0.15, -0.1) is 0 Å². The van der Waals surface area contributed by atoms with Crippen LogP contribution in [0.5, 0.6) is 0 Å². The second kappa shape index (κ2) is 5.17. The van der Waals surface area contributed by atoms with Gasteiger partial charge < -0.3 is 4.90 Å². The number of fused-ring (bicyclic) bond motifs is 1. The van der Waals surface area contributed by atoms with Crippen LogP contribution in [0.4, 0.5) is 5.82 Å². The first-order valence-electron chi connectivity index (χ1n) is 6.86. The largest absolute Gasteiger partial charge is 0.353 e. The van der Waals surface area contributed by atoms with E-state index >= 15 is 0 Å². The van der Waals surface area contributed by atoms with Crippen molar-refractivity contribution in [1.82, 2.24) is 9.88 Å². The SMILES string of the molecule is Cc1ccnc(N2CCN3CCCCC3C2)c1Br. The molecule has 4 heteroatoms. The summed E-state index contributed by atoms with van der Waals surface area (Å²) in [7, 11) is 0. The van der Waals surface area contributed by atoms with Gasteiger partial charge in [0.2, 0.25) is 0 Å². The molecule has 1 unspecified atom stereocenters. The Hall–Kier alpha value is -0.610. The Morgan fingerprint density at radius 3 is 3.06 bits per heavy atom. The molecule has 0 aliphatic carbocycles. The molecule has 1 atom stereocenters. The third kappa shape index (κ3) is 2.28. The topological polar surface area (TPSA) is 19.4 Å². The Kier molecular flexibility index (Phi) is 3.57. The minimum atomic E-state index is 0.738. The lowest BCUT2D eigenvalue weighted by Gasteiger charge is -2.44. The number of piperazine rings is 1. The van der Waals surface area contributed by atoms with Crippen LogP contribution in [0, 0.1) is 6.92 Å². The summed E-state index contributed by atoms with van der Waals surface area (Å²) < 4.78 is 1.16. The molecule has 2 fully saturated rings. The van der Waals surface area contributed by atoms with Crippen LogP contribution in [-0.4, -0.2) is 42.1 Å². The van der Waals surface area contributed by atoms with Gasteiger partial charge in [-0.05, 0) is 53.9 Å². The van der Waals surface area contributed by atoms with E-state index in [0.29, 0.717) is 0 Å². The predicted octanol–water partition coefficient (Wildman–Crippen LogP) is 2.83. The molecular formula is C14H20BrN3. The first-order chi connectivity index (χ1) is 8.75. The van der Waals surface area contributed by atoms with E-state index in [-0.39, 0.29) is 0 Å². The fourth-order valence-electron chi connectivity index (χ4n) is 3.09. The van der Waals surface area contributed by atoms with Crippen LogP contribution in [0.2, 0.25) is 0 Å². The van der Waals surface area contributed by atoms with Crippen LogP contribution in [0.25, 0.3) is 0 Å². The van der Waals surface area contributed by atoms with E-state index in [1.165, 1.54) is 37.9 Å². The smallest absolute Gasteiger partial charge is 0.143 e. The minimum Gasteiger partial charge on any atom is -0.353 e. The van der Waals surface area contributed by atoms with E-state index in [1.807, 2.05) is 6.20 Å². The van der Waals surface area contributed by atoms with Crippen LogP contribution in [0.1, 0.15) is 24.8 Å². The molecule has 1 aromatic rings. The van der Waals surface area contributed by atoms with Crippen LogP contribution < -0.4 is 4.90 Å². The van der Waals surface area contributed by atoms with Gasteiger partial charge in [-0.2, -0.15) is 0 Å². The van der Waals surface area contributed by atoms with Gasteiger partial charge in [0.25, 0.3) is 0 Å². The molecular weight excluding hydrogens is 290 g/mol. The number of aromatic nitrogens is 1. The monoisotopic (exact) mass is 309 g/mol. The summed E-state index contributed by atoms with van der Waals surface area (Å²) in [6, 6.07) is 2.80. The number of piperidine rings is 1. The fraction of sp³-hybridized carbons (Fsp3) is 0.643. The zero-order valence-corrected chi connectivity index (χ0v) is 12.5. The summed E-state index contributed by atoms with van der Waals surface area (Å²) in [5.74, 6) is 1.13. The van der Waals surface area contributed by atoms with Crippen molar-refractivity contribution >= 4 is 21.7 Å². The highest BCUT2D eigenvalue weighted by atomic mass is 79.9. The molecule has 0 radical (unpaired) electrons. The van der Waals surface area contributed by atoms with Gasteiger partial charge in [-0.25, -0.2) is 4.98 Å². The van der Waals surface area contributed by atoms with E-state index in [1.54, 1.807) is 0 Å². The Morgan fingerprint density at radius 1 is 1.28 bits per heavy atom. The van der Waals surface area contributed by atoms with Gasteiger partial charge in [-0.1, -0.05) is 6.42 Å².